The molecule has 114 valence electrons. The van der Waals surface area contributed by atoms with E-state index in [1.165, 1.54) is 37.4 Å². The molecule has 8 heteroatoms. The van der Waals surface area contributed by atoms with Gasteiger partial charge in [0.15, 0.2) is 5.82 Å². The first-order valence-electron chi connectivity index (χ1n) is 6.15. The first-order valence-corrected chi connectivity index (χ1v) is 6.53. The highest BCUT2D eigenvalue weighted by Gasteiger charge is 2.18. The van der Waals surface area contributed by atoms with Gasteiger partial charge in [-0.1, -0.05) is 17.7 Å². The lowest BCUT2D eigenvalue weighted by atomic mass is 10.1. The molecule has 1 amide bonds. The molecule has 0 aliphatic heterocycles. The third kappa shape index (κ3) is 3.15. The summed E-state index contributed by atoms with van der Waals surface area (Å²) in [6.07, 6.45) is 0. The van der Waals surface area contributed by atoms with Crippen molar-refractivity contribution in [3.63, 3.8) is 0 Å². The minimum Gasteiger partial charge on any atom is -0.383 e. The lowest BCUT2D eigenvalue weighted by Gasteiger charge is -2.08. The van der Waals surface area contributed by atoms with Crippen LogP contribution in [0, 0.1) is 15.9 Å². The van der Waals surface area contributed by atoms with Crippen LogP contribution in [-0.4, -0.2) is 17.9 Å². The minimum atomic E-state index is -0.765. The van der Waals surface area contributed by atoms with Crippen molar-refractivity contribution in [3.8, 4) is 0 Å². The van der Waals surface area contributed by atoms with E-state index in [1.807, 2.05) is 0 Å². The van der Waals surface area contributed by atoms with Crippen molar-refractivity contribution in [3.05, 3.63) is 62.9 Å². The highest BCUT2D eigenvalue weighted by Crippen LogP contribution is 2.26. The molecule has 0 aromatic heterocycles. The van der Waals surface area contributed by atoms with Gasteiger partial charge < -0.3 is 10.6 Å². The maximum absolute atomic E-state index is 13.7. The number of hydrogen-bond acceptors (Lipinski definition) is 4. The SMILES string of the molecule is CNc1ccc(C(=O)Nc2cccc(Cl)c2F)cc1[N+](=O)[O-]. The van der Waals surface area contributed by atoms with Gasteiger partial charge in [-0.2, -0.15) is 0 Å². The first kappa shape index (κ1) is 15.7. The maximum Gasteiger partial charge on any atom is 0.293 e. The number of anilines is 2. The van der Waals surface area contributed by atoms with E-state index in [9.17, 15) is 19.3 Å². The number of nitro groups is 1. The van der Waals surface area contributed by atoms with Gasteiger partial charge in [-0.15, -0.1) is 0 Å². The summed E-state index contributed by atoms with van der Waals surface area (Å²) >= 11 is 5.63. The Hall–Kier alpha value is -2.67. The third-order valence-electron chi connectivity index (χ3n) is 2.93. The van der Waals surface area contributed by atoms with Gasteiger partial charge in [-0.25, -0.2) is 4.39 Å². The summed E-state index contributed by atoms with van der Waals surface area (Å²) in [6, 6.07) is 8.09. The molecule has 0 aliphatic carbocycles. The average Bonchev–Trinajstić information content (AvgIpc) is 2.51. The van der Waals surface area contributed by atoms with Gasteiger partial charge in [0.25, 0.3) is 11.6 Å². The van der Waals surface area contributed by atoms with Crippen molar-refractivity contribution in [1.82, 2.24) is 0 Å². The van der Waals surface area contributed by atoms with Crippen LogP contribution in [0.4, 0.5) is 21.5 Å². The Balaban J connectivity index is 2.32. The van der Waals surface area contributed by atoms with E-state index < -0.39 is 16.6 Å². The zero-order valence-electron chi connectivity index (χ0n) is 11.4. The zero-order valence-corrected chi connectivity index (χ0v) is 12.1. The van der Waals surface area contributed by atoms with Crippen molar-refractivity contribution in [2.45, 2.75) is 0 Å². The van der Waals surface area contributed by atoms with Crippen LogP contribution in [-0.2, 0) is 0 Å². The van der Waals surface area contributed by atoms with Crippen molar-refractivity contribution in [1.29, 1.82) is 0 Å². The van der Waals surface area contributed by atoms with Crippen LogP contribution in [0.15, 0.2) is 36.4 Å². The molecule has 2 aromatic rings. The molecular weight excluding hydrogens is 313 g/mol. The Morgan fingerprint density at radius 3 is 2.64 bits per heavy atom. The largest absolute Gasteiger partial charge is 0.383 e. The highest BCUT2D eigenvalue weighted by atomic mass is 35.5. The number of amides is 1. The number of rotatable bonds is 4. The van der Waals surface area contributed by atoms with Crippen LogP contribution in [0.2, 0.25) is 5.02 Å². The number of benzene rings is 2. The highest BCUT2D eigenvalue weighted by molar-refractivity contribution is 6.31. The molecule has 2 aromatic carbocycles. The first-order chi connectivity index (χ1) is 10.4. The van der Waals surface area contributed by atoms with E-state index >= 15 is 0 Å². The van der Waals surface area contributed by atoms with Crippen LogP contribution in [0.1, 0.15) is 10.4 Å². The van der Waals surface area contributed by atoms with Crippen LogP contribution in [0.3, 0.4) is 0 Å². The number of nitro benzene ring substituents is 1. The second-order valence-corrected chi connectivity index (χ2v) is 4.70. The van der Waals surface area contributed by atoms with Gasteiger partial charge in [0, 0.05) is 18.7 Å². The summed E-state index contributed by atoms with van der Waals surface area (Å²) < 4.78 is 13.7. The fraction of sp³-hybridized carbons (Fsp3) is 0.0714. The number of nitrogens with zero attached hydrogens (tertiary/aromatic N) is 1. The van der Waals surface area contributed by atoms with E-state index in [1.54, 1.807) is 0 Å². The average molecular weight is 324 g/mol. The van der Waals surface area contributed by atoms with Crippen molar-refractivity contribution >= 4 is 34.6 Å². The number of carbonyl (C=O) groups excluding carboxylic acids is 1. The van der Waals surface area contributed by atoms with Gasteiger partial charge in [-0.3, -0.25) is 14.9 Å². The van der Waals surface area contributed by atoms with E-state index in [0.29, 0.717) is 0 Å². The van der Waals surface area contributed by atoms with E-state index in [2.05, 4.69) is 10.6 Å². The molecule has 2 N–H and O–H groups in total. The lowest BCUT2D eigenvalue weighted by Crippen LogP contribution is -2.13. The Labute approximate surface area is 130 Å². The fourth-order valence-corrected chi connectivity index (χ4v) is 2.00. The predicted octanol–water partition coefficient (Wildman–Crippen LogP) is 3.68. The van der Waals surface area contributed by atoms with Crippen molar-refractivity contribution < 1.29 is 14.1 Å². The molecular formula is C14H11ClFN3O3. The summed E-state index contributed by atoms with van der Waals surface area (Å²) in [6.45, 7) is 0. The minimum absolute atomic E-state index is 0.0325. The Bertz CT molecular complexity index is 752. The smallest absolute Gasteiger partial charge is 0.293 e. The molecule has 0 saturated carbocycles. The summed E-state index contributed by atoms with van der Waals surface area (Å²) in [7, 11) is 1.53. The van der Waals surface area contributed by atoms with E-state index in [4.69, 9.17) is 11.6 Å². The van der Waals surface area contributed by atoms with Gasteiger partial charge in [0.2, 0.25) is 0 Å². The van der Waals surface area contributed by atoms with Gasteiger partial charge in [0.05, 0.1) is 15.6 Å². The van der Waals surface area contributed by atoms with Crippen LogP contribution >= 0.6 is 11.6 Å². The molecule has 0 unspecified atom stereocenters. The van der Waals surface area contributed by atoms with Crippen molar-refractivity contribution in [2.24, 2.45) is 0 Å². The lowest BCUT2D eigenvalue weighted by molar-refractivity contribution is -0.384. The molecule has 22 heavy (non-hydrogen) atoms. The van der Waals surface area contributed by atoms with Gasteiger partial charge in [0.1, 0.15) is 5.69 Å². The molecule has 0 bridgehead atoms. The fourth-order valence-electron chi connectivity index (χ4n) is 1.83. The monoisotopic (exact) mass is 323 g/mol. The predicted molar refractivity (Wildman–Crippen MR) is 82.0 cm³/mol. The van der Waals surface area contributed by atoms with Crippen LogP contribution in [0.25, 0.3) is 0 Å². The quantitative estimate of drug-likeness (QED) is 0.664. The van der Waals surface area contributed by atoms with Crippen LogP contribution < -0.4 is 10.6 Å². The van der Waals surface area contributed by atoms with E-state index in [-0.39, 0.29) is 27.6 Å². The molecule has 0 radical (unpaired) electrons. The Morgan fingerprint density at radius 2 is 2.00 bits per heavy atom. The van der Waals surface area contributed by atoms with Gasteiger partial charge >= 0.3 is 0 Å². The Morgan fingerprint density at radius 1 is 1.27 bits per heavy atom. The molecule has 0 aliphatic rings. The summed E-state index contributed by atoms with van der Waals surface area (Å²) in [5.41, 5.74) is -0.0416. The number of carbonyl (C=O) groups is 1. The number of hydrogen-bond donors (Lipinski definition) is 2. The van der Waals surface area contributed by atoms with Gasteiger partial charge in [-0.05, 0) is 24.3 Å². The zero-order chi connectivity index (χ0) is 16.3. The van der Waals surface area contributed by atoms with Crippen LogP contribution in [0.5, 0.6) is 0 Å². The molecule has 0 spiro atoms. The normalized spacial score (nSPS) is 10.1. The third-order valence-corrected chi connectivity index (χ3v) is 3.22. The molecule has 6 nitrogen and oxygen atoms in total. The number of halogens is 2. The van der Waals surface area contributed by atoms with Crippen molar-refractivity contribution in [2.75, 3.05) is 17.7 Å². The molecule has 0 atom stereocenters. The summed E-state index contributed by atoms with van der Waals surface area (Å²) in [5, 5.41) is 15.8. The number of nitrogens with one attached hydrogen (secondary N) is 2. The van der Waals surface area contributed by atoms with E-state index in [0.717, 1.165) is 6.07 Å². The standard InChI is InChI=1S/C14H11ClFN3O3/c1-17-10-6-5-8(7-12(10)19(21)22)14(20)18-11-4-2-3-9(15)13(11)16/h2-7,17H,1H3,(H,18,20). The summed E-state index contributed by atoms with van der Waals surface area (Å²) in [4.78, 5) is 22.4. The second kappa shape index (κ2) is 6.40. The summed E-state index contributed by atoms with van der Waals surface area (Å²) in [5.74, 6) is -1.44. The molecule has 0 fully saturated rings. The molecule has 0 heterocycles. The molecule has 2 rings (SSSR count). The second-order valence-electron chi connectivity index (χ2n) is 4.29. The Kier molecular flexibility index (Phi) is 4.57. The molecule has 0 saturated heterocycles. The maximum atomic E-state index is 13.7. The topological polar surface area (TPSA) is 84.3 Å².